The molecular weight excluding hydrogens is 294 g/mol. The highest BCUT2D eigenvalue weighted by atomic mass is 32.1. The van der Waals surface area contributed by atoms with Crippen LogP contribution in [0.2, 0.25) is 0 Å². The first-order valence-corrected chi connectivity index (χ1v) is 8.32. The standard InChI is InChI=1S/C17H17N3OS/c1-19-11-13(10-18-19)14-6-4-8-20(14)17(21)16-9-12-5-2-3-7-15(12)22-16/h2-3,5,7,9-11,14H,4,6,8H2,1H3. The lowest BCUT2D eigenvalue weighted by Gasteiger charge is -2.23. The Hall–Kier alpha value is -2.14. The lowest BCUT2D eigenvalue weighted by molar-refractivity contribution is 0.0740. The van der Waals surface area contributed by atoms with Gasteiger partial charge in [0.15, 0.2) is 0 Å². The number of hydrogen-bond donors (Lipinski definition) is 0. The third kappa shape index (κ3) is 2.22. The highest BCUT2D eigenvalue weighted by molar-refractivity contribution is 7.20. The molecule has 0 saturated carbocycles. The van der Waals surface area contributed by atoms with Crippen molar-refractivity contribution in [2.24, 2.45) is 7.05 Å². The smallest absolute Gasteiger partial charge is 0.264 e. The van der Waals surface area contributed by atoms with E-state index in [0.717, 1.165) is 35.2 Å². The van der Waals surface area contributed by atoms with Crippen LogP contribution < -0.4 is 0 Å². The molecule has 112 valence electrons. The van der Waals surface area contributed by atoms with Crippen LogP contribution in [0.3, 0.4) is 0 Å². The van der Waals surface area contributed by atoms with Gasteiger partial charge in [0, 0.05) is 30.1 Å². The monoisotopic (exact) mass is 311 g/mol. The van der Waals surface area contributed by atoms with Crippen molar-refractivity contribution in [3.63, 3.8) is 0 Å². The topological polar surface area (TPSA) is 38.1 Å². The van der Waals surface area contributed by atoms with E-state index in [4.69, 9.17) is 0 Å². The molecule has 1 fully saturated rings. The number of thiophene rings is 1. The Balaban J connectivity index is 1.66. The molecule has 0 N–H and O–H groups in total. The number of aryl methyl sites for hydroxylation is 1. The summed E-state index contributed by atoms with van der Waals surface area (Å²) in [5, 5.41) is 5.39. The fourth-order valence-electron chi connectivity index (χ4n) is 3.20. The molecule has 1 saturated heterocycles. The van der Waals surface area contributed by atoms with Crippen LogP contribution in [-0.4, -0.2) is 27.1 Å². The number of carbonyl (C=O) groups excluding carboxylic acids is 1. The molecule has 3 heterocycles. The normalized spacial score (nSPS) is 18.2. The van der Waals surface area contributed by atoms with Crippen molar-refractivity contribution >= 4 is 27.3 Å². The van der Waals surface area contributed by atoms with Crippen LogP contribution in [0.5, 0.6) is 0 Å². The minimum absolute atomic E-state index is 0.146. The van der Waals surface area contributed by atoms with E-state index < -0.39 is 0 Å². The first-order valence-electron chi connectivity index (χ1n) is 7.50. The molecule has 0 bridgehead atoms. The van der Waals surface area contributed by atoms with Crippen molar-refractivity contribution < 1.29 is 4.79 Å². The molecule has 4 rings (SSSR count). The predicted octanol–water partition coefficient (Wildman–Crippen LogP) is 3.61. The highest BCUT2D eigenvalue weighted by Gasteiger charge is 2.32. The van der Waals surface area contributed by atoms with Gasteiger partial charge in [0.25, 0.3) is 5.91 Å². The van der Waals surface area contributed by atoms with Crippen LogP contribution in [0.1, 0.15) is 34.1 Å². The summed E-state index contributed by atoms with van der Waals surface area (Å²) in [6.07, 6.45) is 5.96. The summed E-state index contributed by atoms with van der Waals surface area (Å²) in [7, 11) is 1.91. The largest absolute Gasteiger partial charge is 0.331 e. The molecule has 5 heteroatoms. The van der Waals surface area contributed by atoms with Crippen LogP contribution in [0.25, 0.3) is 10.1 Å². The van der Waals surface area contributed by atoms with Crippen LogP contribution >= 0.6 is 11.3 Å². The molecule has 0 spiro atoms. The third-order valence-corrected chi connectivity index (χ3v) is 5.36. The van der Waals surface area contributed by atoms with Crippen molar-refractivity contribution in [3.05, 3.63) is 53.2 Å². The van der Waals surface area contributed by atoms with Crippen molar-refractivity contribution in [1.82, 2.24) is 14.7 Å². The summed E-state index contributed by atoms with van der Waals surface area (Å²) in [5.74, 6) is 0.146. The van der Waals surface area contributed by atoms with Gasteiger partial charge in [0.05, 0.1) is 17.1 Å². The van der Waals surface area contributed by atoms with E-state index >= 15 is 0 Å². The molecule has 1 aliphatic rings. The number of amides is 1. The van der Waals surface area contributed by atoms with E-state index in [1.54, 1.807) is 16.0 Å². The van der Waals surface area contributed by atoms with Gasteiger partial charge in [0.1, 0.15) is 0 Å². The zero-order valence-electron chi connectivity index (χ0n) is 12.4. The van der Waals surface area contributed by atoms with Gasteiger partial charge in [0.2, 0.25) is 0 Å². The maximum atomic E-state index is 12.9. The van der Waals surface area contributed by atoms with E-state index in [0.29, 0.717) is 0 Å². The van der Waals surface area contributed by atoms with E-state index in [-0.39, 0.29) is 11.9 Å². The molecule has 4 nitrogen and oxygen atoms in total. The lowest BCUT2D eigenvalue weighted by Crippen LogP contribution is -2.29. The summed E-state index contributed by atoms with van der Waals surface area (Å²) in [5.41, 5.74) is 1.13. The van der Waals surface area contributed by atoms with Gasteiger partial charge in [-0.3, -0.25) is 9.48 Å². The second-order valence-corrected chi connectivity index (χ2v) is 6.84. The number of aromatic nitrogens is 2. The van der Waals surface area contributed by atoms with E-state index in [1.165, 1.54) is 4.70 Å². The molecule has 3 aromatic rings. The first kappa shape index (κ1) is 13.5. The van der Waals surface area contributed by atoms with Crippen LogP contribution in [0, 0.1) is 0 Å². The quantitative estimate of drug-likeness (QED) is 0.725. The van der Waals surface area contributed by atoms with Gasteiger partial charge in [-0.05, 0) is 30.4 Å². The summed E-state index contributed by atoms with van der Waals surface area (Å²) < 4.78 is 2.97. The average molecular weight is 311 g/mol. The molecule has 22 heavy (non-hydrogen) atoms. The Kier molecular flexibility index (Phi) is 3.22. The van der Waals surface area contributed by atoms with Crippen molar-refractivity contribution in [2.45, 2.75) is 18.9 Å². The summed E-state index contributed by atoms with van der Waals surface area (Å²) in [4.78, 5) is 15.7. The maximum absolute atomic E-state index is 12.9. The van der Waals surface area contributed by atoms with Crippen molar-refractivity contribution in [3.8, 4) is 0 Å². The fourth-order valence-corrected chi connectivity index (χ4v) is 4.22. The molecular formula is C17H17N3OS. The van der Waals surface area contributed by atoms with Gasteiger partial charge in [-0.25, -0.2) is 0 Å². The van der Waals surface area contributed by atoms with Gasteiger partial charge >= 0.3 is 0 Å². The van der Waals surface area contributed by atoms with Gasteiger partial charge < -0.3 is 4.90 Å². The number of nitrogens with zero attached hydrogens (tertiary/aromatic N) is 3. The number of rotatable bonds is 2. The van der Waals surface area contributed by atoms with Gasteiger partial charge in [-0.1, -0.05) is 18.2 Å². The highest BCUT2D eigenvalue weighted by Crippen LogP contribution is 2.35. The lowest BCUT2D eigenvalue weighted by atomic mass is 10.1. The van der Waals surface area contributed by atoms with Crippen molar-refractivity contribution in [2.75, 3.05) is 6.54 Å². The Morgan fingerprint density at radius 3 is 3.00 bits per heavy atom. The second-order valence-electron chi connectivity index (χ2n) is 5.75. The predicted molar refractivity (Wildman–Crippen MR) is 88.0 cm³/mol. The summed E-state index contributed by atoms with van der Waals surface area (Å²) in [6.45, 7) is 0.826. The van der Waals surface area contributed by atoms with E-state index in [9.17, 15) is 4.79 Å². The Bertz CT molecular complexity index is 802. The Morgan fingerprint density at radius 2 is 2.23 bits per heavy atom. The van der Waals surface area contributed by atoms with Crippen LogP contribution in [0.4, 0.5) is 0 Å². The SMILES string of the molecule is Cn1cc(C2CCCN2C(=O)c2cc3ccccc3s2)cn1. The van der Waals surface area contributed by atoms with Gasteiger partial charge in [-0.2, -0.15) is 5.10 Å². The molecule has 2 aromatic heterocycles. The molecule has 1 unspecified atom stereocenters. The third-order valence-electron chi connectivity index (χ3n) is 4.26. The Labute approximate surface area is 133 Å². The van der Waals surface area contributed by atoms with Crippen LogP contribution in [0.15, 0.2) is 42.7 Å². The molecule has 0 radical (unpaired) electrons. The fraction of sp³-hybridized carbons (Fsp3) is 0.294. The van der Waals surface area contributed by atoms with Gasteiger partial charge in [-0.15, -0.1) is 11.3 Å². The van der Waals surface area contributed by atoms with E-state index in [1.807, 2.05) is 42.5 Å². The summed E-state index contributed by atoms with van der Waals surface area (Å²) >= 11 is 1.58. The minimum atomic E-state index is 0.146. The summed E-state index contributed by atoms with van der Waals surface area (Å²) in [6, 6.07) is 10.3. The number of likely N-dealkylation sites (tertiary alicyclic amines) is 1. The average Bonchev–Trinajstić information content (AvgIpc) is 3.24. The van der Waals surface area contributed by atoms with Crippen molar-refractivity contribution in [1.29, 1.82) is 0 Å². The number of hydrogen-bond acceptors (Lipinski definition) is 3. The molecule has 0 aliphatic carbocycles. The number of benzene rings is 1. The van der Waals surface area contributed by atoms with Crippen LogP contribution in [-0.2, 0) is 7.05 Å². The maximum Gasteiger partial charge on any atom is 0.264 e. The van der Waals surface area contributed by atoms with E-state index in [2.05, 4.69) is 17.2 Å². The zero-order valence-corrected chi connectivity index (χ0v) is 13.2. The molecule has 1 amide bonds. The molecule has 1 aliphatic heterocycles. The zero-order chi connectivity index (χ0) is 15.1. The number of fused-ring (bicyclic) bond motifs is 1. The second kappa shape index (κ2) is 5.25. The minimum Gasteiger partial charge on any atom is -0.331 e. The molecule has 1 aromatic carbocycles. The number of carbonyl (C=O) groups is 1. The first-order chi connectivity index (χ1) is 10.7. The molecule has 1 atom stereocenters. The Morgan fingerprint density at radius 1 is 1.36 bits per heavy atom.